The van der Waals surface area contributed by atoms with Crippen LogP contribution in [0, 0.1) is 11.7 Å². The zero-order chi connectivity index (χ0) is 18.4. The van der Waals surface area contributed by atoms with Gasteiger partial charge in [-0.2, -0.15) is 0 Å². The van der Waals surface area contributed by atoms with E-state index >= 15 is 0 Å². The fraction of sp³-hybridized carbons (Fsp3) is 0.471. The molecule has 8 heteroatoms. The van der Waals surface area contributed by atoms with Crippen LogP contribution in [0.25, 0.3) is 0 Å². The lowest BCUT2D eigenvalue weighted by Gasteiger charge is -2.30. The van der Waals surface area contributed by atoms with E-state index in [-0.39, 0.29) is 36.5 Å². The van der Waals surface area contributed by atoms with E-state index in [4.69, 9.17) is 15.2 Å². The van der Waals surface area contributed by atoms with Crippen LogP contribution >= 0.6 is 0 Å². The molecule has 0 atom stereocenters. The molecule has 1 fully saturated rings. The summed E-state index contributed by atoms with van der Waals surface area (Å²) in [5.74, 6) is -1.99. The maximum atomic E-state index is 13.6. The molecule has 0 saturated carbocycles. The highest BCUT2D eigenvalue weighted by molar-refractivity contribution is 5.82. The maximum absolute atomic E-state index is 13.6. The standard InChI is InChI=1S/C17H21FN2O5/c1-24-14-3-2-11(8-13(14)18)9-16(22)25-10-15(21)20-6-4-12(5-7-20)17(19)23/h2-3,8,12H,4-7,9-10H2,1H3,(H2,19,23). The topological polar surface area (TPSA) is 98.9 Å². The van der Waals surface area contributed by atoms with Gasteiger partial charge in [-0.3, -0.25) is 14.4 Å². The highest BCUT2D eigenvalue weighted by Crippen LogP contribution is 2.18. The van der Waals surface area contributed by atoms with Gasteiger partial charge in [-0.15, -0.1) is 0 Å². The number of amides is 2. The van der Waals surface area contributed by atoms with E-state index in [0.717, 1.165) is 0 Å². The zero-order valence-electron chi connectivity index (χ0n) is 14.0. The summed E-state index contributed by atoms with van der Waals surface area (Å²) in [6.45, 7) is 0.445. The molecule has 0 aliphatic carbocycles. The number of hydrogen-bond acceptors (Lipinski definition) is 5. The van der Waals surface area contributed by atoms with Gasteiger partial charge in [0.25, 0.3) is 5.91 Å². The number of methoxy groups -OCH3 is 1. The van der Waals surface area contributed by atoms with Gasteiger partial charge in [0, 0.05) is 19.0 Å². The van der Waals surface area contributed by atoms with E-state index in [1.165, 1.54) is 19.2 Å². The molecule has 1 aliphatic heterocycles. The molecule has 1 heterocycles. The number of primary amides is 1. The van der Waals surface area contributed by atoms with Gasteiger partial charge in [0.1, 0.15) is 0 Å². The molecule has 0 radical (unpaired) electrons. The number of hydrogen-bond donors (Lipinski definition) is 1. The van der Waals surface area contributed by atoms with Gasteiger partial charge in [0.05, 0.1) is 13.5 Å². The number of piperidine rings is 1. The number of carbonyl (C=O) groups excluding carboxylic acids is 3. The smallest absolute Gasteiger partial charge is 0.310 e. The molecule has 25 heavy (non-hydrogen) atoms. The van der Waals surface area contributed by atoms with Crippen molar-refractivity contribution in [3.05, 3.63) is 29.6 Å². The Morgan fingerprint density at radius 2 is 1.96 bits per heavy atom. The van der Waals surface area contributed by atoms with Crippen LogP contribution in [-0.4, -0.2) is 49.5 Å². The van der Waals surface area contributed by atoms with Crippen molar-refractivity contribution in [2.45, 2.75) is 19.3 Å². The van der Waals surface area contributed by atoms with Crippen LogP contribution in [0.2, 0.25) is 0 Å². The first kappa shape index (κ1) is 18.7. The van der Waals surface area contributed by atoms with Gasteiger partial charge in [0.15, 0.2) is 18.2 Å². The molecular weight excluding hydrogens is 331 g/mol. The zero-order valence-corrected chi connectivity index (χ0v) is 14.0. The summed E-state index contributed by atoms with van der Waals surface area (Å²) in [6.07, 6.45) is 0.887. The van der Waals surface area contributed by atoms with Crippen molar-refractivity contribution in [3.8, 4) is 5.75 Å². The number of benzene rings is 1. The van der Waals surface area contributed by atoms with Gasteiger partial charge >= 0.3 is 5.97 Å². The fourth-order valence-corrected chi connectivity index (χ4v) is 2.68. The molecule has 0 aromatic heterocycles. The Morgan fingerprint density at radius 1 is 1.28 bits per heavy atom. The summed E-state index contributed by atoms with van der Waals surface area (Å²) in [5, 5.41) is 0. The highest BCUT2D eigenvalue weighted by atomic mass is 19.1. The van der Waals surface area contributed by atoms with Crippen molar-refractivity contribution in [2.75, 3.05) is 26.8 Å². The Kier molecular flexibility index (Phi) is 6.32. The third-order valence-corrected chi connectivity index (χ3v) is 4.17. The molecule has 0 spiro atoms. The van der Waals surface area contributed by atoms with Gasteiger partial charge in [-0.1, -0.05) is 6.07 Å². The maximum Gasteiger partial charge on any atom is 0.310 e. The van der Waals surface area contributed by atoms with Crippen LogP contribution in [0.5, 0.6) is 5.75 Å². The van der Waals surface area contributed by atoms with Crippen LogP contribution in [0.3, 0.4) is 0 Å². The minimum atomic E-state index is -0.620. The van der Waals surface area contributed by atoms with Crippen LogP contribution < -0.4 is 10.5 Å². The first-order valence-electron chi connectivity index (χ1n) is 7.96. The Labute approximate surface area is 144 Å². The Hall–Kier alpha value is -2.64. The highest BCUT2D eigenvalue weighted by Gasteiger charge is 2.26. The molecule has 2 rings (SSSR count). The van der Waals surface area contributed by atoms with Crippen molar-refractivity contribution in [1.29, 1.82) is 0 Å². The molecule has 0 unspecified atom stereocenters. The first-order valence-corrected chi connectivity index (χ1v) is 7.96. The number of rotatable bonds is 6. The molecule has 136 valence electrons. The molecule has 2 N–H and O–H groups in total. The van der Waals surface area contributed by atoms with Gasteiger partial charge in [-0.25, -0.2) is 4.39 Å². The van der Waals surface area contributed by atoms with E-state index in [0.29, 0.717) is 31.5 Å². The number of halogens is 1. The number of likely N-dealkylation sites (tertiary alicyclic amines) is 1. The normalized spacial score (nSPS) is 14.9. The van der Waals surface area contributed by atoms with E-state index in [2.05, 4.69) is 0 Å². The minimum absolute atomic E-state index is 0.0895. The molecular formula is C17H21FN2O5. The molecule has 1 aromatic carbocycles. The van der Waals surface area contributed by atoms with Crippen molar-refractivity contribution in [1.82, 2.24) is 4.90 Å². The lowest BCUT2D eigenvalue weighted by atomic mass is 9.96. The summed E-state index contributed by atoms with van der Waals surface area (Å²) in [6, 6.07) is 4.17. The summed E-state index contributed by atoms with van der Waals surface area (Å²) < 4.78 is 23.3. The monoisotopic (exact) mass is 352 g/mol. The summed E-state index contributed by atoms with van der Waals surface area (Å²) in [5.41, 5.74) is 5.67. The van der Waals surface area contributed by atoms with Crippen molar-refractivity contribution in [2.24, 2.45) is 11.7 Å². The predicted molar refractivity (Wildman–Crippen MR) is 86.1 cm³/mol. The van der Waals surface area contributed by atoms with E-state index in [1.54, 1.807) is 11.0 Å². The van der Waals surface area contributed by atoms with E-state index in [9.17, 15) is 18.8 Å². The van der Waals surface area contributed by atoms with Crippen molar-refractivity contribution < 1.29 is 28.2 Å². The Balaban J connectivity index is 1.77. The second-order valence-electron chi connectivity index (χ2n) is 5.86. The minimum Gasteiger partial charge on any atom is -0.494 e. The Morgan fingerprint density at radius 3 is 2.52 bits per heavy atom. The average Bonchev–Trinajstić information content (AvgIpc) is 2.60. The van der Waals surface area contributed by atoms with Crippen molar-refractivity contribution >= 4 is 17.8 Å². The third kappa shape index (κ3) is 5.17. The number of esters is 1. The SMILES string of the molecule is COc1ccc(CC(=O)OCC(=O)N2CCC(C(N)=O)CC2)cc1F. The second kappa shape index (κ2) is 8.46. The second-order valence-corrected chi connectivity index (χ2v) is 5.86. The molecule has 1 aliphatic rings. The Bertz CT molecular complexity index is 656. The van der Waals surface area contributed by atoms with Crippen LogP contribution in [0.4, 0.5) is 4.39 Å². The lowest BCUT2D eigenvalue weighted by molar-refractivity contribution is -0.152. The average molecular weight is 352 g/mol. The predicted octanol–water partition coefficient (Wildman–Crippen LogP) is 0.644. The summed E-state index contributed by atoms with van der Waals surface area (Å²) in [4.78, 5) is 36.5. The van der Waals surface area contributed by atoms with Gasteiger partial charge in [-0.05, 0) is 30.5 Å². The van der Waals surface area contributed by atoms with E-state index < -0.39 is 11.8 Å². The van der Waals surface area contributed by atoms with Crippen LogP contribution in [0.1, 0.15) is 18.4 Å². The summed E-state index contributed by atoms with van der Waals surface area (Å²) >= 11 is 0. The third-order valence-electron chi connectivity index (χ3n) is 4.17. The molecule has 1 aromatic rings. The van der Waals surface area contributed by atoms with Gasteiger partial charge in [0.2, 0.25) is 5.91 Å². The van der Waals surface area contributed by atoms with Gasteiger partial charge < -0.3 is 20.1 Å². The number of ether oxygens (including phenoxy) is 2. The molecule has 1 saturated heterocycles. The summed E-state index contributed by atoms with van der Waals surface area (Å²) in [7, 11) is 1.35. The lowest BCUT2D eigenvalue weighted by Crippen LogP contribution is -2.43. The van der Waals surface area contributed by atoms with E-state index in [1.807, 2.05) is 0 Å². The largest absolute Gasteiger partial charge is 0.494 e. The fourth-order valence-electron chi connectivity index (χ4n) is 2.68. The molecule has 0 bridgehead atoms. The van der Waals surface area contributed by atoms with Crippen molar-refractivity contribution in [3.63, 3.8) is 0 Å². The van der Waals surface area contributed by atoms with Crippen LogP contribution in [0.15, 0.2) is 18.2 Å². The first-order chi connectivity index (χ1) is 11.9. The number of nitrogens with zero attached hydrogens (tertiary/aromatic N) is 1. The quantitative estimate of drug-likeness (QED) is 0.758. The van der Waals surface area contributed by atoms with Crippen LogP contribution in [-0.2, 0) is 25.5 Å². The molecule has 2 amide bonds. The number of nitrogens with two attached hydrogens (primary N) is 1. The molecule has 7 nitrogen and oxygen atoms in total. The number of carbonyl (C=O) groups is 3.